The summed E-state index contributed by atoms with van der Waals surface area (Å²) in [6.07, 6.45) is -7.23. The molecule has 1 spiro atoms. The molecule has 2 amide bonds. The lowest BCUT2D eigenvalue weighted by Gasteiger charge is -2.41. The molecule has 0 aliphatic carbocycles. The molecular weight excluding hydrogens is 656 g/mol. The quantitative estimate of drug-likeness (QED) is 0.400. The van der Waals surface area contributed by atoms with Crippen molar-refractivity contribution >= 4 is 51.0 Å². The number of rotatable bonds is 3. The van der Waals surface area contributed by atoms with E-state index in [0.717, 1.165) is 16.6 Å². The number of hydrogen-bond donors (Lipinski definition) is 1. The predicted molar refractivity (Wildman–Crippen MR) is 144 cm³/mol. The van der Waals surface area contributed by atoms with Crippen LogP contribution < -0.4 is 10.9 Å². The van der Waals surface area contributed by atoms with Crippen LogP contribution in [0.4, 0.5) is 28.0 Å². The normalized spacial score (nSPS) is 20.7. The number of aromatic nitrogens is 4. The topological polar surface area (TPSA) is 120 Å². The summed E-state index contributed by atoms with van der Waals surface area (Å²) in [6.45, 7) is 3.93. The third kappa shape index (κ3) is 5.46. The van der Waals surface area contributed by atoms with E-state index in [1.165, 1.54) is 9.47 Å². The molecule has 2 unspecified atom stereocenters. The minimum atomic E-state index is -4.62. The molecule has 5 rings (SSSR count). The van der Waals surface area contributed by atoms with E-state index >= 15 is 4.39 Å². The van der Waals surface area contributed by atoms with Crippen molar-refractivity contribution in [1.82, 2.24) is 24.1 Å². The van der Waals surface area contributed by atoms with Crippen molar-refractivity contribution in [2.45, 2.75) is 63.9 Å². The van der Waals surface area contributed by atoms with Crippen LogP contribution in [-0.2, 0) is 39.2 Å². The lowest BCUT2D eigenvalue weighted by Crippen LogP contribution is -2.55. The largest absolute Gasteiger partial charge is 0.444 e. The summed E-state index contributed by atoms with van der Waals surface area (Å²) in [5.41, 5.74) is -4.17. The Morgan fingerprint density at radius 2 is 2.00 bits per heavy atom. The van der Waals surface area contributed by atoms with Gasteiger partial charge < -0.3 is 24.3 Å². The van der Waals surface area contributed by atoms with E-state index in [1.54, 1.807) is 20.8 Å². The molecule has 4 heterocycles. The Balaban J connectivity index is 1.48. The van der Waals surface area contributed by atoms with Crippen LogP contribution in [0.3, 0.4) is 0 Å². The number of hydrogen-bond acceptors (Lipinski definition) is 7. The van der Waals surface area contributed by atoms with Crippen LogP contribution in [0.5, 0.6) is 0 Å². The van der Waals surface area contributed by atoms with E-state index in [9.17, 15) is 27.6 Å². The monoisotopic (exact) mass is 678 g/mol. The van der Waals surface area contributed by atoms with Crippen LogP contribution in [-0.4, -0.2) is 60.9 Å². The van der Waals surface area contributed by atoms with Gasteiger partial charge in [-0.2, -0.15) is 22.7 Å². The molecule has 11 nitrogen and oxygen atoms in total. The number of benzene rings is 1. The number of piperidine rings is 1. The smallest absolute Gasteiger partial charge is 0.416 e. The van der Waals surface area contributed by atoms with Gasteiger partial charge in [-0.15, -0.1) is 5.10 Å². The number of nitrogens with zero attached hydrogens (tertiary/aromatic N) is 5. The number of nitrogens with one attached hydrogen (secondary N) is 1. The van der Waals surface area contributed by atoms with E-state index in [4.69, 9.17) is 21.1 Å². The highest BCUT2D eigenvalue weighted by atomic mass is 79.9. The maximum absolute atomic E-state index is 15.9. The van der Waals surface area contributed by atoms with Crippen molar-refractivity contribution in [2.24, 2.45) is 0 Å². The van der Waals surface area contributed by atoms with Crippen molar-refractivity contribution < 1.29 is 36.6 Å². The highest BCUT2D eigenvalue weighted by Crippen LogP contribution is 2.44. The minimum Gasteiger partial charge on any atom is -0.444 e. The first-order valence-electron chi connectivity index (χ1n) is 12.6. The summed E-state index contributed by atoms with van der Waals surface area (Å²) >= 11 is 9.10. The Morgan fingerprint density at radius 3 is 2.62 bits per heavy atom. The highest BCUT2D eigenvalue weighted by Gasteiger charge is 2.54. The molecule has 2 aliphatic rings. The number of carbonyl (C=O) groups excluding carboxylic acids is 2. The molecule has 1 fully saturated rings. The molecule has 2 aromatic heterocycles. The minimum absolute atomic E-state index is 0.0229. The molecular formula is C25H24BrClF4N6O5. The van der Waals surface area contributed by atoms with Gasteiger partial charge in [0.05, 0.1) is 40.7 Å². The molecule has 2 atom stereocenters. The van der Waals surface area contributed by atoms with Crippen LogP contribution in [0.15, 0.2) is 27.7 Å². The number of fused-ring (bicyclic) bond motifs is 3. The van der Waals surface area contributed by atoms with Gasteiger partial charge in [0, 0.05) is 13.0 Å². The number of amides is 2. The maximum atomic E-state index is 15.9. The number of alkyl halides is 4. The number of likely N-dealkylation sites (tertiary alicyclic amines) is 1. The molecule has 1 aromatic carbocycles. The zero-order chi connectivity index (χ0) is 30.8. The molecule has 0 saturated carbocycles. The number of halogens is 6. The number of anilines is 1. The zero-order valence-corrected chi connectivity index (χ0v) is 24.7. The van der Waals surface area contributed by atoms with Gasteiger partial charge >= 0.3 is 12.3 Å². The average molecular weight is 680 g/mol. The fourth-order valence-corrected chi connectivity index (χ4v) is 5.58. The zero-order valence-electron chi connectivity index (χ0n) is 22.4. The number of carbonyl (C=O) groups is 2. The van der Waals surface area contributed by atoms with E-state index in [-0.39, 0.29) is 52.1 Å². The Morgan fingerprint density at radius 1 is 1.29 bits per heavy atom. The van der Waals surface area contributed by atoms with Gasteiger partial charge in [-0.05, 0) is 54.9 Å². The van der Waals surface area contributed by atoms with Crippen molar-refractivity contribution in [2.75, 3.05) is 18.4 Å². The lowest BCUT2D eigenvalue weighted by molar-refractivity contribution is -0.137. The molecule has 226 valence electrons. The first-order valence-corrected chi connectivity index (χ1v) is 13.8. The molecule has 1 saturated heterocycles. The fourth-order valence-electron chi connectivity index (χ4n) is 5.04. The third-order valence-electron chi connectivity index (χ3n) is 6.88. The van der Waals surface area contributed by atoms with Crippen LogP contribution in [0.25, 0.3) is 5.78 Å². The first-order chi connectivity index (χ1) is 19.5. The van der Waals surface area contributed by atoms with Gasteiger partial charge in [0.2, 0.25) is 16.4 Å². The Labute approximate surface area is 248 Å². The Hall–Kier alpha value is -3.24. The predicted octanol–water partition coefficient (Wildman–Crippen LogP) is 4.67. The molecule has 0 bridgehead atoms. The van der Waals surface area contributed by atoms with Crippen LogP contribution >= 0.6 is 27.5 Å². The van der Waals surface area contributed by atoms with Crippen molar-refractivity contribution in [1.29, 1.82) is 0 Å². The van der Waals surface area contributed by atoms with Crippen molar-refractivity contribution in [3.8, 4) is 0 Å². The second kappa shape index (κ2) is 10.5. The van der Waals surface area contributed by atoms with E-state index in [1.807, 2.05) is 0 Å². The maximum Gasteiger partial charge on any atom is 0.416 e. The highest BCUT2D eigenvalue weighted by molar-refractivity contribution is 9.10. The molecule has 2 aliphatic heterocycles. The second-order valence-corrected chi connectivity index (χ2v) is 12.0. The van der Waals surface area contributed by atoms with Gasteiger partial charge in [0.25, 0.3) is 5.56 Å². The molecule has 17 heteroatoms. The standard InChI is InChI=1S/C25H24BrClF4N6O5/c1-23(2,3)42-22(40)35-7-6-24(16(28)9-35)18-15(11-41-24)36(21-33-20(26)34-37(21)19(18)39)10-17(38)32-14-5-4-12(8-13(14)27)25(29,30)31/h4-5,8,16H,6-7,9-11H2,1-3H3,(H,32,38). The fraction of sp³-hybridized carbons (Fsp3) is 0.480. The summed E-state index contributed by atoms with van der Waals surface area (Å²) in [6, 6.07) is 2.48. The molecule has 0 radical (unpaired) electrons. The molecule has 42 heavy (non-hydrogen) atoms. The summed E-state index contributed by atoms with van der Waals surface area (Å²) in [5.74, 6) is -0.775. The summed E-state index contributed by atoms with van der Waals surface area (Å²) in [5, 5.41) is 6.16. The van der Waals surface area contributed by atoms with Crippen LogP contribution in [0.2, 0.25) is 5.02 Å². The number of ether oxygens (including phenoxy) is 2. The third-order valence-corrected chi connectivity index (χ3v) is 7.53. The molecule has 3 aromatic rings. The van der Waals surface area contributed by atoms with Crippen molar-refractivity contribution in [3.63, 3.8) is 0 Å². The second-order valence-electron chi connectivity index (χ2n) is 10.9. The van der Waals surface area contributed by atoms with Gasteiger partial charge in [0.15, 0.2) is 6.17 Å². The molecule has 1 N–H and O–H groups in total. The summed E-state index contributed by atoms with van der Waals surface area (Å²) in [4.78, 5) is 44.6. The van der Waals surface area contributed by atoms with Crippen LogP contribution in [0.1, 0.15) is 44.0 Å². The first kappa shape index (κ1) is 30.2. The van der Waals surface area contributed by atoms with E-state index in [2.05, 4.69) is 31.3 Å². The van der Waals surface area contributed by atoms with Crippen LogP contribution in [0, 0.1) is 0 Å². The van der Waals surface area contributed by atoms with E-state index < -0.39 is 59.8 Å². The van der Waals surface area contributed by atoms with Gasteiger partial charge in [-0.3, -0.25) is 9.59 Å². The van der Waals surface area contributed by atoms with E-state index in [0.29, 0.717) is 6.07 Å². The van der Waals surface area contributed by atoms with Crippen molar-refractivity contribution in [3.05, 3.63) is 55.1 Å². The van der Waals surface area contributed by atoms with Gasteiger partial charge in [0.1, 0.15) is 17.7 Å². The Bertz CT molecular complexity index is 1660. The van der Waals surface area contributed by atoms with Gasteiger partial charge in [-0.25, -0.2) is 9.18 Å². The SMILES string of the molecule is CC(C)(C)OC(=O)N1CCC2(OCc3c2c(=O)n2nc(Br)nc2n3CC(=O)Nc2ccc(C(F)(F)F)cc2Cl)C(F)C1. The van der Waals surface area contributed by atoms with Gasteiger partial charge in [-0.1, -0.05) is 11.6 Å². The Kier molecular flexibility index (Phi) is 7.55. The average Bonchev–Trinajstić information content (AvgIpc) is 3.45. The summed E-state index contributed by atoms with van der Waals surface area (Å²) in [7, 11) is 0. The lowest BCUT2D eigenvalue weighted by atomic mass is 9.84. The summed E-state index contributed by atoms with van der Waals surface area (Å²) < 4.78 is 68.5.